The summed E-state index contributed by atoms with van der Waals surface area (Å²) in [7, 11) is -4.40. The van der Waals surface area contributed by atoms with Crippen molar-refractivity contribution in [2.45, 2.75) is 11.8 Å². The van der Waals surface area contributed by atoms with Crippen LogP contribution in [0.4, 0.5) is 11.4 Å². The van der Waals surface area contributed by atoms with Crippen molar-refractivity contribution in [3.63, 3.8) is 0 Å². The number of nitrogens with zero attached hydrogens (tertiary/aromatic N) is 2. The first-order chi connectivity index (χ1) is 11.4. The fourth-order valence-corrected chi connectivity index (χ4v) is 2.99. The lowest BCUT2D eigenvalue weighted by Crippen LogP contribution is -1.97. The number of hydrogen-bond acceptors (Lipinski definition) is 5. The molecule has 0 atom stereocenters. The lowest BCUT2D eigenvalue weighted by atomic mass is 10.1. The van der Waals surface area contributed by atoms with E-state index in [1.807, 2.05) is 19.1 Å². The first kappa shape index (κ1) is 16.1. The molecule has 7 heteroatoms. The minimum atomic E-state index is -4.40. The molecular weight excluding hydrogens is 328 g/mol. The molecule has 3 rings (SSSR count). The Morgan fingerprint density at radius 2 is 1.62 bits per heavy atom. The number of fused-ring (bicyclic) bond motifs is 1. The average molecular weight is 342 g/mol. The van der Waals surface area contributed by atoms with Crippen LogP contribution in [0.15, 0.2) is 69.7 Å². The van der Waals surface area contributed by atoms with Crippen LogP contribution in [0.3, 0.4) is 0 Å². The van der Waals surface area contributed by atoms with Crippen LogP contribution in [0.2, 0.25) is 0 Å². The zero-order valence-corrected chi connectivity index (χ0v) is 13.5. The SMILES string of the molecule is Cc1ccc2c(O)c(N=Nc3ccccc3S(=O)(=O)O)ccc2c1. The zero-order chi connectivity index (χ0) is 17.3. The molecule has 6 nitrogen and oxygen atoms in total. The second kappa shape index (κ2) is 6.03. The van der Waals surface area contributed by atoms with Crippen molar-refractivity contribution in [2.24, 2.45) is 10.2 Å². The smallest absolute Gasteiger partial charge is 0.296 e. The molecule has 0 aliphatic carbocycles. The van der Waals surface area contributed by atoms with Crippen molar-refractivity contribution in [1.29, 1.82) is 0 Å². The van der Waals surface area contributed by atoms with Crippen LogP contribution in [0.5, 0.6) is 5.75 Å². The van der Waals surface area contributed by atoms with E-state index >= 15 is 0 Å². The Bertz CT molecular complexity index is 1060. The Morgan fingerprint density at radius 1 is 0.917 bits per heavy atom. The minimum Gasteiger partial charge on any atom is -0.505 e. The van der Waals surface area contributed by atoms with Gasteiger partial charge in [0.05, 0.1) is 0 Å². The van der Waals surface area contributed by atoms with Crippen molar-refractivity contribution in [3.8, 4) is 5.75 Å². The fraction of sp³-hybridized carbons (Fsp3) is 0.0588. The molecule has 0 fully saturated rings. The van der Waals surface area contributed by atoms with E-state index in [4.69, 9.17) is 0 Å². The lowest BCUT2D eigenvalue weighted by molar-refractivity contribution is 0.482. The van der Waals surface area contributed by atoms with E-state index in [0.29, 0.717) is 5.39 Å². The molecule has 3 aromatic carbocycles. The molecule has 0 unspecified atom stereocenters. The van der Waals surface area contributed by atoms with Crippen LogP contribution in [0.1, 0.15) is 5.56 Å². The monoisotopic (exact) mass is 342 g/mol. The highest BCUT2D eigenvalue weighted by Crippen LogP contribution is 2.36. The second-order valence-electron chi connectivity index (χ2n) is 5.30. The highest BCUT2D eigenvalue weighted by atomic mass is 32.2. The Labute approximate surface area is 138 Å². The highest BCUT2D eigenvalue weighted by molar-refractivity contribution is 7.86. The first-order valence-electron chi connectivity index (χ1n) is 7.07. The van der Waals surface area contributed by atoms with Crippen molar-refractivity contribution in [2.75, 3.05) is 0 Å². The van der Waals surface area contributed by atoms with Crippen LogP contribution in [0, 0.1) is 6.92 Å². The summed E-state index contributed by atoms with van der Waals surface area (Å²) in [4.78, 5) is -0.343. The average Bonchev–Trinajstić information content (AvgIpc) is 2.53. The molecule has 0 heterocycles. The molecule has 0 amide bonds. The van der Waals surface area contributed by atoms with Crippen LogP contribution < -0.4 is 0 Å². The molecule has 0 aliphatic rings. The molecule has 24 heavy (non-hydrogen) atoms. The van der Waals surface area contributed by atoms with Crippen molar-refractivity contribution in [1.82, 2.24) is 0 Å². The van der Waals surface area contributed by atoms with E-state index in [1.54, 1.807) is 24.3 Å². The van der Waals surface area contributed by atoms with Gasteiger partial charge in [-0.15, -0.1) is 10.2 Å². The van der Waals surface area contributed by atoms with Crippen LogP contribution in [-0.4, -0.2) is 18.1 Å². The number of phenolic OH excluding ortho intramolecular Hbond substituents is 1. The van der Waals surface area contributed by atoms with Gasteiger partial charge in [-0.05, 0) is 30.5 Å². The zero-order valence-electron chi connectivity index (χ0n) is 12.7. The van der Waals surface area contributed by atoms with Gasteiger partial charge in [0, 0.05) is 5.39 Å². The predicted molar refractivity (Wildman–Crippen MR) is 90.8 cm³/mol. The van der Waals surface area contributed by atoms with Crippen molar-refractivity contribution >= 4 is 32.3 Å². The molecule has 0 aliphatic heterocycles. The number of hydrogen-bond donors (Lipinski definition) is 2. The molecule has 0 spiro atoms. The Kier molecular flexibility index (Phi) is 4.04. The molecular formula is C17H14N2O4S. The summed E-state index contributed by atoms with van der Waals surface area (Å²) in [5.74, 6) is -0.0411. The maximum absolute atomic E-state index is 11.3. The molecule has 0 bridgehead atoms. The van der Waals surface area contributed by atoms with E-state index in [1.165, 1.54) is 18.2 Å². The fourth-order valence-electron chi connectivity index (χ4n) is 2.37. The first-order valence-corrected chi connectivity index (χ1v) is 8.51. The van der Waals surface area contributed by atoms with Crippen LogP contribution in [-0.2, 0) is 10.1 Å². The van der Waals surface area contributed by atoms with E-state index in [-0.39, 0.29) is 22.0 Å². The number of rotatable bonds is 3. The Balaban J connectivity index is 2.07. The summed E-state index contributed by atoms with van der Waals surface area (Å²) in [6.45, 7) is 1.95. The molecule has 3 aromatic rings. The number of azo groups is 1. The van der Waals surface area contributed by atoms with Gasteiger partial charge in [0.25, 0.3) is 10.1 Å². The van der Waals surface area contributed by atoms with Crippen LogP contribution in [0.25, 0.3) is 10.8 Å². The van der Waals surface area contributed by atoms with Crippen molar-refractivity contribution in [3.05, 3.63) is 60.2 Å². The lowest BCUT2D eigenvalue weighted by Gasteiger charge is -2.05. The van der Waals surface area contributed by atoms with Gasteiger partial charge in [-0.25, -0.2) is 0 Å². The van der Waals surface area contributed by atoms with Gasteiger partial charge >= 0.3 is 0 Å². The third kappa shape index (κ3) is 3.12. The highest BCUT2D eigenvalue weighted by Gasteiger charge is 2.14. The Morgan fingerprint density at radius 3 is 2.38 bits per heavy atom. The normalized spacial score (nSPS) is 12.1. The quantitative estimate of drug-likeness (QED) is 0.540. The number of phenols is 1. The summed E-state index contributed by atoms with van der Waals surface area (Å²) < 4.78 is 31.9. The van der Waals surface area contributed by atoms with Gasteiger partial charge in [-0.1, -0.05) is 42.0 Å². The standard InChI is InChI=1S/C17H14N2O4S/c1-11-6-8-13-12(10-11)7-9-15(17(13)20)19-18-14-4-2-3-5-16(14)24(21,22)23/h2-10,20H,1H3,(H,21,22,23). The summed E-state index contributed by atoms with van der Waals surface area (Å²) in [5, 5.41) is 19.6. The molecule has 0 saturated heterocycles. The third-order valence-corrected chi connectivity index (χ3v) is 4.44. The van der Waals surface area contributed by atoms with Crippen molar-refractivity contribution < 1.29 is 18.1 Å². The van der Waals surface area contributed by atoms with E-state index in [9.17, 15) is 18.1 Å². The van der Waals surface area contributed by atoms with Gasteiger partial charge in [0.15, 0.2) is 5.75 Å². The third-order valence-electron chi connectivity index (χ3n) is 3.53. The minimum absolute atomic E-state index is 0.0107. The molecule has 0 radical (unpaired) electrons. The number of benzene rings is 3. The number of aromatic hydroxyl groups is 1. The molecule has 0 saturated carbocycles. The summed E-state index contributed by atoms with van der Waals surface area (Å²) >= 11 is 0. The summed E-state index contributed by atoms with van der Waals surface area (Å²) in [6.07, 6.45) is 0. The van der Waals surface area contributed by atoms with Gasteiger partial charge < -0.3 is 5.11 Å². The van der Waals surface area contributed by atoms with E-state index in [0.717, 1.165) is 10.9 Å². The van der Waals surface area contributed by atoms with Crippen LogP contribution >= 0.6 is 0 Å². The summed E-state index contributed by atoms with van der Waals surface area (Å²) in [6, 6.07) is 14.7. The molecule has 0 aromatic heterocycles. The topological polar surface area (TPSA) is 99.3 Å². The summed E-state index contributed by atoms with van der Waals surface area (Å²) in [5.41, 5.74) is 1.26. The largest absolute Gasteiger partial charge is 0.505 e. The maximum atomic E-state index is 11.3. The van der Waals surface area contributed by atoms with Gasteiger partial charge in [-0.2, -0.15) is 8.42 Å². The molecule has 2 N–H and O–H groups in total. The second-order valence-corrected chi connectivity index (χ2v) is 6.69. The number of aryl methyl sites for hydroxylation is 1. The predicted octanol–water partition coefficient (Wildman–Crippen LogP) is 4.52. The maximum Gasteiger partial charge on any atom is 0.296 e. The Hall–Kier alpha value is -2.77. The van der Waals surface area contributed by atoms with E-state index < -0.39 is 10.1 Å². The van der Waals surface area contributed by atoms with Gasteiger partial charge in [-0.3, -0.25) is 4.55 Å². The van der Waals surface area contributed by atoms with Gasteiger partial charge in [0.2, 0.25) is 0 Å². The molecule has 122 valence electrons. The van der Waals surface area contributed by atoms with Gasteiger partial charge in [0.1, 0.15) is 16.3 Å². The van der Waals surface area contributed by atoms with E-state index in [2.05, 4.69) is 10.2 Å².